The van der Waals surface area contributed by atoms with E-state index >= 15 is 0 Å². The molecule has 9 heteroatoms. The maximum atomic E-state index is 13.1. The molecule has 1 saturated heterocycles. The number of rotatable bonds is 5. The Bertz CT molecular complexity index is 1250. The second-order valence-corrected chi connectivity index (χ2v) is 9.12. The fraction of sp³-hybridized carbons (Fsp3) is 0.0870. The van der Waals surface area contributed by atoms with Gasteiger partial charge in [0.05, 0.1) is 10.2 Å². The number of carbonyl (C=O) groups excluding carboxylic acids is 3. The predicted molar refractivity (Wildman–Crippen MR) is 127 cm³/mol. The van der Waals surface area contributed by atoms with Crippen LogP contribution in [0.15, 0.2) is 79.0 Å². The molecule has 2 aromatic carbocycles. The van der Waals surface area contributed by atoms with Gasteiger partial charge >= 0.3 is 6.03 Å². The van der Waals surface area contributed by atoms with Crippen LogP contribution in [-0.2, 0) is 16.0 Å². The molecule has 0 saturated carbocycles. The van der Waals surface area contributed by atoms with Gasteiger partial charge in [-0.25, -0.2) is 9.69 Å². The lowest BCUT2D eigenvalue weighted by molar-refractivity contribution is -0.122. The Morgan fingerprint density at radius 2 is 1.84 bits per heavy atom. The van der Waals surface area contributed by atoms with E-state index in [4.69, 9.17) is 16.0 Å². The van der Waals surface area contributed by atoms with Crippen molar-refractivity contribution in [1.29, 1.82) is 0 Å². The van der Waals surface area contributed by atoms with Crippen molar-refractivity contribution in [3.63, 3.8) is 0 Å². The zero-order chi connectivity index (χ0) is 22.8. The summed E-state index contributed by atoms with van der Waals surface area (Å²) in [5, 5.41) is 3.41. The minimum atomic E-state index is -0.780. The normalized spacial score (nSPS) is 15.4. The van der Waals surface area contributed by atoms with E-state index in [1.807, 2.05) is 31.2 Å². The second kappa shape index (κ2) is 9.36. The average molecular weight is 532 g/mol. The lowest BCUT2D eigenvalue weighted by Crippen LogP contribution is -2.54. The summed E-state index contributed by atoms with van der Waals surface area (Å²) in [6, 6.07) is 15.2. The maximum Gasteiger partial charge on any atom is 0.335 e. The van der Waals surface area contributed by atoms with Crippen LogP contribution in [0.5, 0.6) is 0 Å². The molecule has 4 rings (SSSR count). The third kappa shape index (κ3) is 4.53. The molecule has 1 aliphatic rings. The van der Waals surface area contributed by atoms with Crippen molar-refractivity contribution in [2.24, 2.45) is 0 Å². The first-order valence-electron chi connectivity index (χ1n) is 9.59. The van der Waals surface area contributed by atoms with E-state index in [0.717, 1.165) is 15.4 Å². The quantitative estimate of drug-likeness (QED) is 0.319. The average Bonchev–Trinajstić information content (AvgIpc) is 3.11. The Morgan fingerprint density at radius 1 is 1.12 bits per heavy atom. The molecule has 0 aliphatic carbocycles. The molecule has 1 aliphatic heterocycles. The minimum absolute atomic E-state index is 0.195. The summed E-state index contributed by atoms with van der Waals surface area (Å²) in [5.74, 6) is -1.19. The molecule has 0 atom stereocenters. The van der Waals surface area contributed by atoms with Gasteiger partial charge in [-0.1, -0.05) is 48.5 Å². The standard InChI is InChI=1S/C23H16BrClN2O4S/c1-2-13-5-3-4-6-19(13)27-21(29)17(20(28)26-23(27)30)11-15-12-18(24)22(31-15)32-16-9-7-14(25)8-10-16/h3-12H,2H2,1H3,(H,26,28,30)/b17-11+. The Balaban J connectivity index is 1.65. The first-order chi connectivity index (χ1) is 15.4. The van der Waals surface area contributed by atoms with E-state index < -0.39 is 17.8 Å². The predicted octanol–water partition coefficient (Wildman–Crippen LogP) is 6.08. The zero-order valence-corrected chi connectivity index (χ0v) is 19.9. The second-order valence-electron chi connectivity index (χ2n) is 6.78. The monoisotopic (exact) mass is 530 g/mol. The molecule has 0 spiro atoms. The molecule has 2 heterocycles. The Kier molecular flexibility index (Phi) is 6.55. The fourth-order valence-corrected chi connectivity index (χ4v) is 4.62. The Hall–Kier alpha value is -2.81. The summed E-state index contributed by atoms with van der Waals surface area (Å²) in [7, 11) is 0. The van der Waals surface area contributed by atoms with Crippen LogP contribution in [0, 0.1) is 0 Å². The van der Waals surface area contributed by atoms with Gasteiger partial charge in [0.25, 0.3) is 11.8 Å². The number of halogens is 2. The van der Waals surface area contributed by atoms with Gasteiger partial charge in [0, 0.05) is 9.92 Å². The number of anilines is 1. The molecular formula is C23H16BrClN2O4S. The first kappa shape index (κ1) is 22.4. The number of aryl methyl sites for hydroxylation is 1. The van der Waals surface area contributed by atoms with Crippen LogP contribution in [0.4, 0.5) is 10.5 Å². The number of furan rings is 1. The van der Waals surface area contributed by atoms with Gasteiger partial charge in [-0.15, -0.1) is 0 Å². The molecule has 32 heavy (non-hydrogen) atoms. The smallest absolute Gasteiger partial charge is 0.335 e. The number of urea groups is 1. The molecule has 0 bridgehead atoms. The van der Waals surface area contributed by atoms with Crippen LogP contribution < -0.4 is 10.2 Å². The SMILES string of the molecule is CCc1ccccc1N1C(=O)NC(=O)/C(=C\c2cc(Br)c(Sc3ccc(Cl)cc3)o2)C1=O. The molecule has 0 unspecified atom stereocenters. The molecule has 162 valence electrons. The van der Waals surface area contributed by atoms with E-state index in [1.165, 1.54) is 17.8 Å². The van der Waals surface area contributed by atoms with Gasteiger partial charge in [-0.2, -0.15) is 0 Å². The highest BCUT2D eigenvalue weighted by atomic mass is 79.9. The number of barbiturate groups is 1. The summed E-state index contributed by atoms with van der Waals surface area (Å²) in [5.41, 5.74) is 1.06. The van der Waals surface area contributed by atoms with Crippen LogP contribution >= 0.6 is 39.3 Å². The minimum Gasteiger partial charge on any atom is -0.449 e. The van der Waals surface area contributed by atoms with Crippen LogP contribution in [-0.4, -0.2) is 17.8 Å². The van der Waals surface area contributed by atoms with Crippen LogP contribution in [0.3, 0.4) is 0 Å². The summed E-state index contributed by atoms with van der Waals surface area (Å²) >= 11 is 10.7. The number of imide groups is 2. The van der Waals surface area contributed by atoms with Crippen molar-refractivity contribution < 1.29 is 18.8 Å². The van der Waals surface area contributed by atoms with Gasteiger partial charge in [0.1, 0.15) is 11.3 Å². The fourth-order valence-electron chi connectivity index (χ4n) is 3.17. The van der Waals surface area contributed by atoms with Gasteiger partial charge in [0.2, 0.25) is 0 Å². The van der Waals surface area contributed by atoms with Crippen LogP contribution in [0.1, 0.15) is 18.2 Å². The largest absolute Gasteiger partial charge is 0.449 e. The molecule has 1 fully saturated rings. The van der Waals surface area contributed by atoms with Crippen LogP contribution in [0.25, 0.3) is 6.08 Å². The Labute approximate surface area is 201 Å². The molecular weight excluding hydrogens is 516 g/mol. The number of hydrogen-bond acceptors (Lipinski definition) is 5. The van der Waals surface area contributed by atoms with E-state index in [9.17, 15) is 14.4 Å². The molecule has 3 aromatic rings. The summed E-state index contributed by atoms with van der Waals surface area (Å²) in [4.78, 5) is 39.9. The van der Waals surface area contributed by atoms with E-state index in [1.54, 1.807) is 30.3 Å². The van der Waals surface area contributed by atoms with Crippen molar-refractivity contribution in [3.8, 4) is 0 Å². The highest BCUT2D eigenvalue weighted by Gasteiger charge is 2.37. The third-order valence-electron chi connectivity index (χ3n) is 4.70. The van der Waals surface area contributed by atoms with Crippen molar-refractivity contribution in [2.45, 2.75) is 23.3 Å². The molecule has 1 aromatic heterocycles. The molecule has 0 radical (unpaired) electrons. The molecule has 6 nitrogen and oxygen atoms in total. The molecule has 4 amide bonds. The lowest BCUT2D eigenvalue weighted by atomic mass is 10.1. The number of para-hydroxylation sites is 1. The third-order valence-corrected chi connectivity index (χ3v) is 6.80. The topological polar surface area (TPSA) is 79.6 Å². The highest BCUT2D eigenvalue weighted by Crippen LogP contribution is 2.37. The van der Waals surface area contributed by atoms with Crippen molar-refractivity contribution in [2.75, 3.05) is 4.90 Å². The number of hydrogen-bond donors (Lipinski definition) is 1. The van der Waals surface area contributed by atoms with E-state index in [2.05, 4.69) is 21.2 Å². The first-order valence-corrected chi connectivity index (χ1v) is 11.6. The van der Waals surface area contributed by atoms with E-state index in [0.29, 0.717) is 32.5 Å². The number of carbonyl (C=O) groups is 3. The van der Waals surface area contributed by atoms with Crippen molar-refractivity contribution in [1.82, 2.24) is 5.32 Å². The van der Waals surface area contributed by atoms with Crippen LogP contribution in [0.2, 0.25) is 5.02 Å². The summed E-state index contributed by atoms with van der Waals surface area (Å²) < 4.78 is 6.50. The summed E-state index contributed by atoms with van der Waals surface area (Å²) in [6.45, 7) is 1.92. The van der Waals surface area contributed by atoms with E-state index in [-0.39, 0.29) is 5.57 Å². The Morgan fingerprint density at radius 3 is 2.56 bits per heavy atom. The highest BCUT2D eigenvalue weighted by molar-refractivity contribution is 9.10. The van der Waals surface area contributed by atoms with Gasteiger partial charge in [-0.05, 0) is 70.4 Å². The number of benzene rings is 2. The lowest BCUT2D eigenvalue weighted by Gasteiger charge is -2.27. The maximum absolute atomic E-state index is 13.1. The summed E-state index contributed by atoms with van der Waals surface area (Å²) in [6.07, 6.45) is 1.96. The van der Waals surface area contributed by atoms with Crippen molar-refractivity contribution >= 4 is 68.9 Å². The van der Waals surface area contributed by atoms with Crippen molar-refractivity contribution in [3.05, 3.63) is 81.0 Å². The number of nitrogens with zero attached hydrogens (tertiary/aromatic N) is 1. The number of amides is 4. The van der Waals surface area contributed by atoms with Gasteiger partial charge in [-0.3, -0.25) is 14.9 Å². The number of nitrogens with one attached hydrogen (secondary N) is 1. The molecule has 1 N–H and O–H groups in total. The van der Waals surface area contributed by atoms with Gasteiger partial charge < -0.3 is 4.42 Å². The zero-order valence-electron chi connectivity index (χ0n) is 16.7. The van der Waals surface area contributed by atoms with Gasteiger partial charge in [0.15, 0.2) is 5.09 Å².